The van der Waals surface area contributed by atoms with Gasteiger partial charge in [-0.15, -0.1) is 0 Å². The normalized spacial score (nSPS) is 11.6. The van der Waals surface area contributed by atoms with E-state index in [9.17, 15) is 13.2 Å². The van der Waals surface area contributed by atoms with Crippen LogP contribution in [0.15, 0.2) is 24.3 Å². The zero-order chi connectivity index (χ0) is 14.3. The van der Waals surface area contributed by atoms with Crippen LogP contribution in [-0.2, 0) is 6.18 Å². The maximum Gasteiger partial charge on any atom is 0.416 e. The second-order valence-corrected chi connectivity index (χ2v) is 4.88. The first-order chi connectivity index (χ1) is 8.95. The first kappa shape index (κ1) is 15.9. The zero-order valence-electron chi connectivity index (χ0n) is 11.6. The van der Waals surface area contributed by atoms with Gasteiger partial charge in [0.05, 0.1) is 5.56 Å². The fourth-order valence-electron chi connectivity index (χ4n) is 1.99. The maximum atomic E-state index is 12.4. The van der Waals surface area contributed by atoms with Crippen molar-refractivity contribution in [3.8, 4) is 0 Å². The zero-order valence-corrected chi connectivity index (χ0v) is 11.6. The Morgan fingerprint density at radius 2 is 1.53 bits per heavy atom. The summed E-state index contributed by atoms with van der Waals surface area (Å²) in [5, 5.41) is 0. The highest BCUT2D eigenvalue weighted by Gasteiger charge is 2.29. The van der Waals surface area contributed by atoms with Crippen LogP contribution in [0, 0.1) is 0 Å². The van der Waals surface area contributed by atoms with Crippen molar-refractivity contribution in [1.82, 2.24) is 0 Å². The van der Waals surface area contributed by atoms with Gasteiger partial charge >= 0.3 is 6.18 Å². The first-order valence-corrected chi connectivity index (χ1v) is 6.83. The molecule has 0 N–H and O–H groups in total. The molecule has 0 aliphatic carbocycles. The highest BCUT2D eigenvalue weighted by Crippen LogP contribution is 2.30. The van der Waals surface area contributed by atoms with E-state index in [4.69, 9.17) is 0 Å². The SMILES string of the molecule is CCCCCCCN(C)c1ccc(C(F)(F)F)cc1. The van der Waals surface area contributed by atoms with E-state index < -0.39 is 11.7 Å². The molecule has 0 fully saturated rings. The molecule has 4 heteroatoms. The molecular weight excluding hydrogens is 251 g/mol. The van der Waals surface area contributed by atoms with Crippen LogP contribution in [0.2, 0.25) is 0 Å². The Morgan fingerprint density at radius 3 is 2.05 bits per heavy atom. The van der Waals surface area contributed by atoms with E-state index in [0.717, 1.165) is 30.8 Å². The van der Waals surface area contributed by atoms with Crippen molar-refractivity contribution >= 4 is 5.69 Å². The van der Waals surface area contributed by atoms with Crippen LogP contribution < -0.4 is 4.90 Å². The lowest BCUT2D eigenvalue weighted by Crippen LogP contribution is -2.18. The highest BCUT2D eigenvalue weighted by molar-refractivity contribution is 5.47. The van der Waals surface area contributed by atoms with Crippen LogP contribution in [0.4, 0.5) is 18.9 Å². The van der Waals surface area contributed by atoms with Gasteiger partial charge in [-0.2, -0.15) is 13.2 Å². The number of hydrogen-bond acceptors (Lipinski definition) is 1. The van der Waals surface area contributed by atoms with E-state index in [-0.39, 0.29) is 0 Å². The molecular formula is C15H22F3N. The molecule has 0 aliphatic heterocycles. The van der Waals surface area contributed by atoms with E-state index in [1.165, 1.54) is 37.8 Å². The van der Waals surface area contributed by atoms with Crippen molar-refractivity contribution in [1.29, 1.82) is 0 Å². The number of benzene rings is 1. The van der Waals surface area contributed by atoms with Gasteiger partial charge in [0.1, 0.15) is 0 Å². The molecule has 0 spiro atoms. The number of rotatable bonds is 7. The molecule has 0 amide bonds. The third kappa shape index (κ3) is 5.53. The lowest BCUT2D eigenvalue weighted by Gasteiger charge is -2.19. The van der Waals surface area contributed by atoms with E-state index in [1.54, 1.807) is 0 Å². The highest BCUT2D eigenvalue weighted by atomic mass is 19.4. The van der Waals surface area contributed by atoms with Gasteiger partial charge < -0.3 is 4.90 Å². The van der Waals surface area contributed by atoms with Gasteiger partial charge in [0, 0.05) is 19.3 Å². The molecule has 1 aromatic rings. The minimum absolute atomic E-state index is 0.590. The molecule has 0 heterocycles. The molecule has 0 radical (unpaired) electrons. The number of nitrogens with zero attached hydrogens (tertiary/aromatic N) is 1. The minimum Gasteiger partial charge on any atom is -0.375 e. The average molecular weight is 273 g/mol. The van der Waals surface area contributed by atoms with E-state index in [2.05, 4.69) is 6.92 Å². The molecule has 19 heavy (non-hydrogen) atoms. The summed E-state index contributed by atoms with van der Waals surface area (Å²) in [7, 11) is 1.92. The van der Waals surface area contributed by atoms with E-state index in [0.29, 0.717) is 0 Å². The van der Waals surface area contributed by atoms with Gasteiger partial charge in [-0.05, 0) is 30.7 Å². The van der Waals surface area contributed by atoms with Gasteiger partial charge in [0.2, 0.25) is 0 Å². The van der Waals surface area contributed by atoms with Crippen molar-refractivity contribution in [3.05, 3.63) is 29.8 Å². The van der Waals surface area contributed by atoms with Crippen LogP contribution >= 0.6 is 0 Å². The molecule has 0 aliphatic rings. The Hall–Kier alpha value is -1.19. The van der Waals surface area contributed by atoms with Gasteiger partial charge in [-0.1, -0.05) is 32.6 Å². The summed E-state index contributed by atoms with van der Waals surface area (Å²) >= 11 is 0. The molecule has 0 unspecified atom stereocenters. The second-order valence-electron chi connectivity index (χ2n) is 4.88. The Kier molecular flexibility index (Phi) is 6.19. The van der Waals surface area contributed by atoms with Crippen molar-refractivity contribution in [2.75, 3.05) is 18.5 Å². The molecule has 0 aromatic heterocycles. The maximum absolute atomic E-state index is 12.4. The summed E-state index contributed by atoms with van der Waals surface area (Å²) in [4.78, 5) is 2.01. The Morgan fingerprint density at radius 1 is 0.947 bits per heavy atom. The van der Waals surface area contributed by atoms with Gasteiger partial charge in [0.15, 0.2) is 0 Å². The summed E-state index contributed by atoms with van der Waals surface area (Å²) in [6.45, 7) is 3.06. The smallest absolute Gasteiger partial charge is 0.375 e. The number of hydrogen-bond donors (Lipinski definition) is 0. The summed E-state index contributed by atoms with van der Waals surface area (Å²) in [6, 6.07) is 5.36. The van der Waals surface area contributed by atoms with Crippen LogP contribution in [0.3, 0.4) is 0 Å². The van der Waals surface area contributed by atoms with Crippen molar-refractivity contribution in [2.45, 2.75) is 45.2 Å². The van der Waals surface area contributed by atoms with E-state index in [1.807, 2.05) is 11.9 Å². The molecule has 1 nitrogen and oxygen atoms in total. The average Bonchev–Trinajstić information content (AvgIpc) is 2.37. The topological polar surface area (TPSA) is 3.24 Å². The number of halogens is 3. The third-order valence-electron chi connectivity index (χ3n) is 3.23. The fraction of sp³-hybridized carbons (Fsp3) is 0.600. The van der Waals surface area contributed by atoms with Gasteiger partial charge in [-0.3, -0.25) is 0 Å². The van der Waals surface area contributed by atoms with Crippen LogP contribution in [0.5, 0.6) is 0 Å². The largest absolute Gasteiger partial charge is 0.416 e. The molecule has 108 valence electrons. The summed E-state index contributed by atoms with van der Waals surface area (Å²) in [5.41, 5.74) is 0.246. The predicted octanol–water partition coefficient (Wildman–Crippen LogP) is 5.11. The molecule has 1 rings (SSSR count). The van der Waals surface area contributed by atoms with Gasteiger partial charge in [0.25, 0.3) is 0 Å². The quantitative estimate of drug-likeness (QED) is 0.624. The molecule has 0 atom stereocenters. The first-order valence-electron chi connectivity index (χ1n) is 6.83. The molecule has 1 aromatic carbocycles. The number of anilines is 1. The predicted molar refractivity (Wildman–Crippen MR) is 73.5 cm³/mol. The van der Waals surface area contributed by atoms with Gasteiger partial charge in [-0.25, -0.2) is 0 Å². The fourth-order valence-corrected chi connectivity index (χ4v) is 1.99. The Labute approximate surface area is 113 Å². The Balaban J connectivity index is 2.42. The standard InChI is InChI=1S/C15H22F3N/c1-3-4-5-6-7-12-19(2)14-10-8-13(9-11-14)15(16,17)18/h8-11H,3-7,12H2,1-2H3. The van der Waals surface area contributed by atoms with Crippen LogP contribution in [-0.4, -0.2) is 13.6 Å². The van der Waals surface area contributed by atoms with Crippen molar-refractivity contribution in [2.24, 2.45) is 0 Å². The Bertz CT molecular complexity index is 357. The molecule has 0 bridgehead atoms. The van der Waals surface area contributed by atoms with Crippen LogP contribution in [0.25, 0.3) is 0 Å². The van der Waals surface area contributed by atoms with Crippen molar-refractivity contribution < 1.29 is 13.2 Å². The summed E-state index contributed by atoms with van der Waals surface area (Å²) in [5.74, 6) is 0. The van der Waals surface area contributed by atoms with Crippen molar-refractivity contribution in [3.63, 3.8) is 0 Å². The summed E-state index contributed by atoms with van der Waals surface area (Å²) < 4.78 is 37.3. The molecule has 0 saturated carbocycles. The lowest BCUT2D eigenvalue weighted by atomic mass is 10.1. The van der Waals surface area contributed by atoms with E-state index >= 15 is 0 Å². The third-order valence-corrected chi connectivity index (χ3v) is 3.23. The monoisotopic (exact) mass is 273 g/mol. The number of alkyl halides is 3. The summed E-state index contributed by atoms with van der Waals surface area (Å²) in [6.07, 6.45) is 1.71. The second kappa shape index (κ2) is 7.41. The number of unbranched alkanes of at least 4 members (excludes halogenated alkanes) is 4. The van der Waals surface area contributed by atoms with Crippen LogP contribution in [0.1, 0.15) is 44.6 Å². The molecule has 0 saturated heterocycles. The lowest BCUT2D eigenvalue weighted by molar-refractivity contribution is -0.137. The minimum atomic E-state index is -4.25.